The highest BCUT2D eigenvalue weighted by Crippen LogP contribution is 2.21. The van der Waals surface area contributed by atoms with Gasteiger partial charge in [-0.2, -0.15) is 0 Å². The Kier molecular flexibility index (Phi) is 6.37. The molecular formula is C19H23FN2O3S. The first-order valence-corrected chi connectivity index (χ1v) is 10.1. The standard InChI is InChI=1S/C19H23FN2O3S/c1-14(16-7-5-4-6-8-16)13-21-19(23)15(2)22(26(3,24)25)18-11-9-17(20)10-12-18/h4-12,14-15H,13H2,1-3H3,(H,21,23). The summed E-state index contributed by atoms with van der Waals surface area (Å²) in [5, 5.41) is 2.80. The molecule has 2 aromatic rings. The first-order chi connectivity index (χ1) is 12.2. The van der Waals surface area contributed by atoms with Crippen LogP contribution in [-0.4, -0.2) is 33.2 Å². The minimum absolute atomic E-state index is 0.0878. The third-order valence-electron chi connectivity index (χ3n) is 4.12. The number of halogens is 1. The molecule has 0 aliphatic heterocycles. The van der Waals surface area contributed by atoms with Crippen LogP contribution in [0.5, 0.6) is 0 Å². The van der Waals surface area contributed by atoms with E-state index in [9.17, 15) is 17.6 Å². The van der Waals surface area contributed by atoms with E-state index >= 15 is 0 Å². The summed E-state index contributed by atoms with van der Waals surface area (Å²) in [6.07, 6.45) is 1.02. The summed E-state index contributed by atoms with van der Waals surface area (Å²) < 4.78 is 38.5. The molecule has 1 N–H and O–H groups in total. The molecule has 1 amide bonds. The van der Waals surface area contributed by atoms with Gasteiger partial charge >= 0.3 is 0 Å². The Bertz CT molecular complexity index is 839. The molecule has 0 saturated carbocycles. The van der Waals surface area contributed by atoms with Crippen molar-refractivity contribution in [2.45, 2.75) is 25.8 Å². The van der Waals surface area contributed by atoms with Crippen LogP contribution >= 0.6 is 0 Å². The molecule has 140 valence electrons. The molecule has 2 unspecified atom stereocenters. The first kappa shape index (κ1) is 19.9. The fourth-order valence-corrected chi connectivity index (χ4v) is 3.87. The fourth-order valence-electron chi connectivity index (χ4n) is 2.70. The number of anilines is 1. The molecule has 2 atom stereocenters. The lowest BCUT2D eigenvalue weighted by molar-refractivity contribution is -0.121. The van der Waals surface area contributed by atoms with E-state index in [1.54, 1.807) is 0 Å². The minimum Gasteiger partial charge on any atom is -0.354 e. The third-order valence-corrected chi connectivity index (χ3v) is 5.36. The quantitative estimate of drug-likeness (QED) is 0.806. The molecular weight excluding hydrogens is 355 g/mol. The maximum Gasteiger partial charge on any atom is 0.243 e. The number of carbonyl (C=O) groups is 1. The van der Waals surface area contributed by atoms with Crippen LogP contribution in [0, 0.1) is 5.82 Å². The normalized spacial score (nSPS) is 13.7. The maximum atomic E-state index is 13.1. The number of sulfonamides is 1. The van der Waals surface area contributed by atoms with E-state index in [4.69, 9.17) is 0 Å². The molecule has 5 nitrogen and oxygen atoms in total. The largest absolute Gasteiger partial charge is 0.354 e. The zero-order valence-corrected chi connectivity index (χ0v) is 15.8. The van der Waals surface area contributed by atoms with E-state index in [0.717, 1.165) is 28.3 Å². The van der Waals surface area contributed by atoms with Gasteiger partial charge in [0.25, 0.3) is 0 Å². The lowest BCUT2D eigenvalue weighted by Gasteiger charge is -2.28. The Morgan fingerprint density at radius 2 is 1.65 bits per heavy atom. The van der Waals surface area contributed by atoms with Crippen LogP contribution in [0.15, 0.2) is 54.6 Å². The molecule has 0 saturated heterocycles. The van der Waals surface area contributed by atoms with Crippen molar-refractivity contribution in [3.8, 4) is 0 Å². The van der Waals surface area contributed by atoms with E-state index in [2.05, 4.69) is 5.32 Å². The zero-order chi connectivity index (χ0) is 19.3. The van der Waals surface area contributed by atoms with Gasteiger partial charge in [-0.05, 0) is 42.7 Å². The maximum absolute atomic E-state index is 13.1. The molecule has 0 heterocycles. The molecule has 0 aliphatic carbocycles. The third kappa shape index (κ3) is 5.05. The topological polar surface area (TPSA) is 66.5 Å². The Hall–Kier alpha value is -2.41. The highest BCUT2D eigenvalue weighted by atomic mass is 32.2. The van der Waals surface area contributed by atoms with Crippen LogP contribution in [0.1, 0.15) is 25.3 Å². The summed E-state index contributed by atoms with van der Waals surface area (Å²) in [6.45, 7) is 3.87. The highest BCUT2D eigenvalue weighted by molar-refractivity contribution is 7.92. The number of nitrogens with one attached hydrogen (secondary N) is 1. The Morgan fingerprint density at radius 3 is 2.19 bits per heavy atom. The molecule has 0 spiro atoms. The zero-order valence-electron chi connectivity index (χ0n) is 15.0. The lowest BCUT2D eigenvalue weighted by atomic mass is 10.0. The van der Waals surface area contributed by atoms with E-state index in [0.29, 0.717) is 6.54 Å². The molecule has 0 radical (unpaired) electrons. The summed E-state index contributed by atoms with van der Waals surface area (Å²) in [6, 6.07) is 13.8. The average molecular weight is 378 g/mol. The predicted molar refractivity (Wildman–Crippen MR) is 101 cm³/mol. The lowest BCUT2D eigenvalue weighted by Crippen LogP contribution is -2.48. The van der Waals surface area contributed by atoms with Gasteiger partial charge in [-0.25, -0.2) is 12.8 Å². The number of hydrogen-bond donors (Lipinski definition) is 1. The van der Waals surface area contributed by atoms with Crippen molar-refractivity contribution in [3.05, 3.63) is 66.0 Å². The van der Waals surface area contributed by atoms with Crippen molar-refractivity contribution in [2.75, 3.05) is 17.1 Å². The Labute approximate surface area is 153 Å². The summed E-state index contributed by atoms with van der Waals surface area (Å²) in [7, 11) is -3.72. The predicted octanol–water partition coefficient (Wildman–Crippen LogP) is 2.90. The average Bonchev–Trinajstić information content (AvgIpc) is 2.60. The summed E-state index contributed by atoms with van der Waals surface area (Å²) in [5.41, 5.74) is 1.33. The van der Waals surface area contributed by atoms with Crippen molar-refractivity contribution >= 4 is 21.6 Å². The molecule has 26 heavy (non-hydrogen) atoms. The van der Waals surface area contributed by atoms with Crippen molar-refractivity contribution in [1.82, 2.24) is 5.32 Å². The fraction of sp³-hybridized carbons (Fsp3) is 0.316. The summed E-state index contributed by atoms with van der Waals surface area (Å²) >= 11 is 0. The van der Waals surface area contributed by atoms with Gasteiger partial charge in [-0.3, -0.25) is 9.10 Å². The van der Waals surface area contributed by atoms with Crippen molar-refractivity contribution in [1.29, 1.82) is 0 Å². The molecule has 0 aliphatic rings. The molecule has 2 rings (SSSR count). The Balaban J connectivity index is 2.11. The number of benzene rings is 2. The van der Waals surface area contributed by atoms with Crippen LogP contribution in [0.2, 0.25) is 0 Å². The second-order valence-corrected chi connectivity index (χ2v) is 8.13. The number of hydrogen-bond acceptors (Lipinski definition) is 3. The van der Waals surface area contributed by atoms with Crippen LogP contribution in [0.3, 0.4) is 0 Å². The van der Waals surface area contributed by atoms with Gasteiger partial charge < -0.3 is 5.32 Å². The number of carbonyl (C=O) groups excluding carboxylic acids is 1. The van der Waals surface area contributed by atoms with E-state index < -0.39 is 27.8 Å². The van der Waals surface area contributed by atoms with Crippen LogP contribution in [0.25, 0.3) is 0 Å². The first-order valence-electron chi connectivity index (χ1n) is 8.27. The number of amides is 1. The number of rotatable bonds is 7. The second kappa shape index (κ2) is 8.31. The molecule has 7 heteroatoms. The molecule has 0 fully saturated rings. The van der Waals surface area contributed by atoms with Gasteiger partial charge in [-0.1, -0.05) is 37.3 Å². The van der Waals surface area contributed by atoms with Crippen LogP contribution < -0.4 is 9.62 Å². The van der Waals surface area contributed by atoms with Gasteiger partial charge in [0.2, 0.25) is 15.9 Å². The van der Waals surface area contributed by atoms with Gasteiger partial charge in [-0.15, -0.1) is 0 Å². The van der Waals surface area contributed by atoms with Crippen LogP contribution in [-0.2, 0) is 14.8 Å². The van der Waals surface area contributed by atoms with Crippen molar-refractivity contribution in [2.24, 2.45) is 0 Å². The van der Waals surface area contributed by atoms with Gasteiger partial charge in [0.05, 0.1) is 11.9 Å². The van der Waals surface area contributed by atoms with Crippen LogP contribution in [0.4, 0.5) is 10.1 Å². The van der Waals surface area contributed by atoms with E-state index in [1.165, 1.54) is 19.1 Å². The minimum atomic E-state index is -3.72. The van der Waals surface area contributed by atoms with Gasteiger partial charge in [0.15, 0.2) is 0 Å². The molecule has 2 aromatic carbocycles. The summed E-state index contributed by atoms with van der Waals surface area (Å²) in [5.74, 6) is -0.802. The monoisotopic (exact) mass is 378 g/mol. The molecule has 0 bridgehead atoms. The second-order valence-electron chi connectivity index (χ2n) is 6.27. The van der Waals surface area contributed by atoms with E-state index in [1.807, 2.05) is 37.3 Å². The Morgan fingerprint density at radius 1 is 1.08 bits per heavy atom. The summed E-state index contributed by atoms with van der Waals surface area (Å²) in [4.78, 5) is 12.5. The van der Waals surface area contributed by atoms with E-state index in [-0.39, 0.29) is 11.6 Å². The van der Waals surface area contributed by atoms with Crippen molar-refractivity contribution < 1.29 is 17.6 Å². The number of nitrogens with zero attached hydrogens (tertiary/aromatic N) is 1. The SMILES string of the molecule is CC(CNC(=O)C(C)N(c1ccc(F)cc1)S(C)(=O)=O)c1ccccc1. The van der Waals surface area contributed by atoms with Crippen molar-refractivity contribution in [3.63, 3.8) is 0 Å². The van der Waals surface area contributed by atoms with Gasteiger partial charge in [0.1, 0.15) is 11.9 Å². The molecule has 0 aromatic heterocycles. The highest BCUT2D eigenvalue weighted by Gasteiger charge is 2.29. The van der Waals surface area contributed by atoms with Gasteiger partial charge in [0, 0.05) is 6.54 Å². The smallest absolute Gasteiger partial charge is 0.243 e.